The molecule has 0 bridgehead atoms. The van der Waals surface area contributed by atoms with Gasteiger partial charge < -0.3 is 14.5 Å². The largest absolute Gasteiger partial charge is 0.473 e. The predicted molar refractivity (Wildman–Crippen MR) is 81.5 cm³/mol. The molecule has 1 amide bonds. The molecular weight excluding hydrogens is 268 g/mol. The third kappa shape index (κ3) is 4.58. The maximum Gasteiger partial charge on any atom is 0.234 e. The van der Waals surface area contributed by atoms with Gasteiger partial charge in [0.25, 0.3) is 0 Å². The van der Waals surface area contributed by atoms with Gasteiger partial charge in [-0.2, -0.15) is 4.98 Å². The van der Waals surface area contributed by atoms with Gasteiger partial charge in [0, 0.05) is 34.1 Å². The molecule has 2 rings (SSSR count). The highest BCUT2D eigenvalue weighted by Crippen LogP contribution is 2.23. The lowest BCUT2D eigenvalue weighted by molar-refractivity contribution is -0.127. The van der Waals surface area contributed by atoms with E-state index in [-0.39, 0.29) is 12.0 Å². The first-order chi connectivity index (χ1) is 10.1. The van der Waals surface area contributed by atoms with E-state index < -0.39 is 0 Å². The molecule has 116 valence electrons. The van der Waals surface area contributed by atoms with Crippen molar-refractivity contribution in [2.75, 3.05) is 32.1 Å². The molecule has 1 aliphatic rings. The predicted octanol–water partition coefficient (Wildman–Crippen LogP) is 1.71. The van der Waals surface area contributed by atoms with Crippen molar-refractivity contribution >= 4 is 11.7 Å². The van der Waals surface area contributed by atoms with Crippen LogP contribution in [0.25, 0.3) is 0 Å². The number of rotatable bonds is 6. The molecule has 1 aliphatic carbocycles. The van der Waals surface area contributed by atoms with Crippen LogP contribution >= 0.6 is 0 Å². The van der Waals surface area contributed by atoms with E-state index in [0.717, 1.165) is 18.7 Å². The van der Waals surface area contributed by atoms with Crippen molar-refractivity contribution in [1.29, 1.82) is 0 Å². The molecule has 0 atom stereocenters. The minimum absolute atomic E-state index is 0.0628. The van der Waals surface area contributed by atoms with E-state index in [2.05, 4.69) is 9.97 Å². The maximum absolute atomic E-state index is 11.2. The number of carbonyl (C=O) groups is 1. The Balaban J connectivity index is 1.91. The summed E-state index contributed by atoms with van der Waals surface area (Å²) in [6.07, 6.45) is 8.33. The maximum atomic E-state index is 11.2. The van der Waals surface area contributed by atoms with Crippen LogP contribution in [0.2, 0.25) is 0 Å². The van der Waals surface area contributed by atoms with Gasteiger partial charge in [-0.15, -0.1) is 0 Å². The van der Waals surface area contributed by atoms with Gasteiger partial charge in [-0.1, -0.05) is 0 Å². The molecule has 1 aromatic heterocycles. The van der Waals surface area contributed by atoms with E-state index in [9.17, 15) is 4.79 Å². The van der Waals surface area contributed by atoms with Crippen molar-refractivity contribution < 1.29 is 9.53 Å². The highest BCUT2D eigenvalue weighted by molar-refractivity contribution is 5.72. The van der Waals surface area contributed by atoms with Crippen molar-refractivity contribution in [1.82, 2.24) is 14.9 Å². The second-order valence-corrected chi connectivity index (χ2v) is 5.60. The molecule has 0 aliphatic heterocycles. The van der Waals surface area contributed by atoms with E-state index in [1.165, 1.54) is 12.8 Å². The third-order valence-electron chi connectivity index (χ3n) is 3.89. The fraction of sp³-hybridized carbons (Fsp3) is 0.667. The Morgan fingerprint density at radius 2 is 2.00 bits per heavy atom. The lowest BCUT2D eigenvalue weighted by atomic mass is 10.3. The number of carbonyl (C=O) groups excluding carboxylic acids is 1. The minimum atomic E-state index is 0.0628. The average Bonchev–Trinajstić information content (AvgIpc) is 2.97. The Hall–Kier alpha value is -1.85. The van der Waals surface area contributed by atoms with Gasteiger partial charge in [0.05, 0.1) is 12.4 Å². The molecule has 6 nitrogen and oxygen atoms in total. The van der Waals surface area contributed by atoms with Gasteiger partial charge >= 0.3 is 0 Å². The average molecular weight is 292 g/mol. The monoisotopic (exact) mass is 292 g/mol. The molecule has 6 heteroatoms. The normalized spacial score (nSPS) is 15.0. The number of hydrogen-bond acceptors (Lipinski definition) is 5. The fourth-order valence-corrected chi connectivity index (χ4v) is 2.33. The number of likely N-dealkylation sites (N-methyl/N-ethyl adjacent to an activating group) is 2. The number of nitrogens with zero attached hydrogens (tertiary/aromatic N) is 4. The fourth-order valence-electron chi connectivity index (χ4n) is 2.33. The number of anilines is 1. The van der Waals surface area contributed by atoms with Gasteiger partial charge in [-0.05, 0) is 25.7 Å². The summed E-state index contributed by atoms with van der Waals surface area (Å²) in [5, 5.41) is 0. The Bertz CT molecular complexity index is 474. The SMILES string of the molecule is CC(=O)N(C)CCN(C)c1cncc(OC2CCCC2)n1. The summed E-state index contributed by atoms with van der Waals surface area (Å²) in [5.74, 6) is 1.42. The van der Waals surface area contributed by atoms with Crippen molar-refractivity contribution in [3.05, 3.63) is 12.4 Å². The number of hydrogen-bond donors (Lipinski definition) is 0. The van der Waals surface area contributed by atoms with E-state index in [1.807, 2.05) is 11.9 Å². The molecule has 1 saturated carbocycles. The standard InChI is InChI=1S/C15H24N4O2/c1-12(20)18(2)8-9-19(3)14-10-16-11-15(17-14)21-13-6-4-5-7-13/h10-11,13H,4-9H2,1-3H3. The van der Waals surface area contributed by atoms with Crippen molar-refractivity contribution in [3.63, 3.8) is 0 Å². The zero-order chi connectivity index (χ0) is 15.2. The van der Waals surface area contributed by atoms with Gasteiger partial charge in [0.1, 0.15) is 6.10 Å². The first-order valence-electron chi connectivity index (χ1n) is 7.48. The van der Waals surface area contributed by atoms with Gasteiger partial charge in [0.2, 0.25) is 11.8 Å². The molecule has 0 unspecified atom stereocenters. The van der Waals surface area contributed by atoms with Crippen molar-refractivity contribution in [3.8, 4) is 5.88 Å². The van der Waals surface area contributed by atoms with Crippen LogP contribution in [0.15, 0.2) is 12.4 Å². The van der Waals surface area contributed by atoms with Crippen LogP contribution in [0.3, 0.4) is 0 Å². The molecule has 21 heavy (non-hydrogen) atoms. The van der Waals surface area contributed by atoms with Crippen LogP contribution in [0.1, 0.15) is 32.6 Å². The Kier molecular flexibility index (Phi) is 5.36. The molecule has 0 spiro atoms. The summed E-state index contributed by atoms with van der Waals surface area (Å²) < 4.78 is 5.87. The van der Waals surface area contributed by atoms with Crippen LogP contribution in [-0.4, -0.2) is 54.1 Å². The Morgan fingerprint density at radius 1 is 1.29 bits per heavy atom. The first kappa shape index (κ1) is 15.5. The molecule has 0 saturated heterocycles. The molecular formula is C15H24N4O2. The lowest BCUT2D eigenvalue weighted by Gasteiger charge is -2.22. The zero-order valence-corrected chi connectivity index (χ0v) is 13.1. The molecule has 0 radical (unpaired) electrons. The summed E-state index contributed by atoms with van der Waals surface area (Å²) in [6.45, 7) is 2.93. The van der Waals surface area contributed by atoms with Crippen LogP contribution in [0, 0.1) is 0 Å². The lowest BCUT2D eigenvalue weighted by Crippen LogP contribution is -2.33. The molecule has 0 N–H and O–H groups in total. The van der Waals surface area contributed by atoms with Crippen molar-refractivity contribution in [2.24, 2.45) is 0 Å². The summed E-state index contributed by atoms with van der Waals surface area (Å²) >= 11 is 0. The first-order valence-corrected chi connectivity index (χ1v) is 7.48. The Morgan fingerprint density at radius 3 is 2.67 bits per heavy atom. The third-order valence-corrected chi connectivity index (χ3v) is 3.89. The summed E-state index contributed by atoms with van der Waals surface area (Å²) in [7, 11) is 3.73. The molecule has 1 fully saturated rings. The van der Waals surface area contributed by atoms with Crippen LogP contribution in [0.4, 0.5) is 5.82 Å². The van der Waals surface area contributed by atoms with Gasteiger partial charge in [-0.25, -0.2) is 0 Å². The Labute approximate surface area is 126 Å². The van der Waals surface area contributed by atoms with Gasteiger partial charge in [-0.3, -0.25) is 9.78 Å². The molecule has 1 aromatic rings. The van der Waals surface area contributed by atoms with E-state index >= 15 is 0 Å². The second-order valence-electron chi connectivity index (χ2n) is 5.60. The number of aromatic nitrogens is 2. The van der Waals surface area contributed by atoms with E-state index in [0.29, 0.717) is 19.0 Å². The van der Waals surface area contributed by atoms with E-state index in [4.69, 9.17) is 4.74 Å². The van der Waals surface area contributed by atoms with E-state index in [1.54, 1.807) is 31.3 Å². The quantitative estimate of drug-likeness (QED) is 0.799. The second kappa shape index (κ2) is 7.24. The smallest absolute Gasteiger partial charge is 0.234 e. The number of amides is 1. The van der Waals surface area contributed by atoms with Crippen LogP contribution in [0.5, 0.6) is 5.88 Å². The summed E-state index contributed by atoms with van der Waals surface area (Å²) in [6, 6.07) is 0. The summed E-state index contributed by atoms with van der Waals surface area (Å²) in [5.41, 5.74) is 0. The number of ether oxygens (including phenoxy) is 1. The highest BCUT2D eigenvalue weighted by Gasteiger charge is 2.17. The zero-order valence-electron chi connectivity index (χ0n) is 13.1. The molecule has 1 heterocycles. The van der Waals surface area contributed by atoms with Crippen molar-refractivity contribution in [2.45, 2.75) is 38.7 Å². The molecule has 0 aromatic carbocycles. The summed E-state index contributed by atoms with van der Waals surface area (Å²) in [4.78, 5) is 23.6. The van der Waals surface area contributed by atoms with Crippen LogP contribution in [-0.2, 0) is 4.79 Å². The topological polar surface area (TPSA) is 58.6 Å². The highest BCUT2D eigenvalue weighted by atomic mass is 16.5. The van der Waals surface area contributed by atoms with Crippen LogP contribution < -0.4 is 9.64 Å². The minimum Gasteiger partial charge on any atom is -0.473 e. The van der Waals surface area contributed by atoms with Gasteiger partial charge in [0.15, 0.2) is 5.82 Å².